The lowest BCUT2D eigenvalue weighted by atomic mass is 10.1. The van der Waals surface area contributed by atoms with Crippen molar-refractivity contribution < 1.29 is 23.5 Å². The van der Waals surface area contributed by atoms with E-state index in [4.69, 9.17) is 4.74 Å². The van der Waals surface area contributed by atoms with Crippen LogP contribution in [-0.4, -0.2) is 17.8 Å². The first-order valence-corrected chi connectivity index (χ1v) is 9.59. The first-order valence-electron chi connectivity index (χ1n) is 9.59. The molecule has 3 aromatic carbocycles. The molecule has 0 aromatic heterocycles. The molecule has 0 fully saturated rings. The number of benzene rings is 3. The minimum atomic E-state index is -0.460. The van der Waals surface area contributed by atoms with Crippen molar-refractivity contribution in [3.05, 3.63) is 95.3 Å². The Labute approximate surface area is 179 Å². The number of carbonyl (C=O) groups excluding carboxylic acids is 3. The molecular weight excluding hydrogens is 399 g/mol. The molecule has 2 N–H and O–H groups in total. The fourth-order valence-electron chi connectivity index (χ4n) is 2.83. The summed E-state index contributed by atoms with van der Waals surface area (Å²) in [4.78, 5) is 35.5. The van der Waals surface area contributed by atoms with Gasteiger partial charge in [-0.1, -0.05) is 30.3 Å². The second-order valence-electron chi connectivity index (χ2n) is 6.85. The van der Waals surface area contributed by atoms with Crippen molar-refractivity contribution in [3.63, 3.8) is 0 Å². The predicted molar refractivity (Wildman–Crippen MR) is 114 cm³/mol. The summed E-state index contributed by atoms with van der Waals surface area (Å²) in [6, 6.07) is 19.2. The lowest BCUT2D eigenvalue weighted by Gasteiger charge is -2.09. The van der Waals surface area contributed by atoms with Crippen molar-refractivity contribution in [2.24, 2.45) is 0 Å². The highest BCUT2D eigenvalue weighted by molar-refractivity contribution is 6.04. The molecule has 0 bridgehead atoms. The zero-order valence-electron chi connectivity index (χ0n) is 16.9. The van der Waals surface area contributed by atoms with Crippen LogP contribution < -0.4 is 15.4 Å². The fourth-order valence-corrected chi connectivity index (χ4v) is 2.83. The summed E-state index contributed by atoms with van der Waals surface area (Å²) in [5.41, 5.74) is 2.54. The Morgan fingerprint density at radius 1 is 0.903 bits per heavy atom. The van der Waals surface area contributed by atoms with E-state index in [9.17, 15) is 18.8 Å². The van der Waals surface area contributed by atoms with Gasteiger partial charge in [0.15, 0.2) is 0 Å². The third-order valence-electron chi connectivity index (χ3n) is 4.34. The summed E-state index contributed by atoms with van der Waals surface area (Å²) in [6.07, 6.45) is 0.167. The van der Waals surface area contributed by atoms with Crippen LogP contribution in [0.5, 0.6) is 5.75 Å². The lowest BCUT2D eigenvalue weighted by Crippen LogP contribution is -2.24. The summed E-state index contributed by atoms with van der Waals surface area (Å²) >= 11 is 0. The largest absolute Gasteiger partial charge is 0.427 e. The van der Waals surface area contributed by atoms with Gasteiger partial charge in [0, 0.05) is 24.7 Å². The molecule has 2 amide bonds. The summed E-state index contributed by atoms with van der Waals surface area (Å²) in [7, 11) is 0. The van der Waals surface area contributed by atoms with Crippen molar-refractivity contribution in [1.82, 2.24) is 5.32 Å². The van der Waals surface area contributed by atoms with E-state index in [1.54, 1.807) is 54.6 Å². The van der Waals surface area contributed by atoms with Crippen LogP contribution in [0.3, 0.4) is 0 Å². The Kier molecular flexibility index (Phi) is 7.11. The zero-order valence-corrected chi connectivity index (χ0v) is 16.9. The smallest absolute Gasteiger partial charge is 0.308 e. The van der Waals surface area contributed by atoms with Crippen molar-refractivity contribution in [1.29, 1.82) is 0 Å². The van der Waals surface area contributed by atoms with Crippen molar-refractivity contribution in [3.8, 4) is 5.75 Å². The highest BCUT2D eigenvalue weighted by atomic mass is 19.1. The molecule has 0 saturated heterocycles. The van der Waals surface area contributed by atoms with Crippen LogP contribution in [0.2, 0.25) is 0 Å². The third kappa shape index (κ3) is 6.78. The molecule has 3 rings (SSSR count). The van der Waals surface area contributed by atoms with Gasteiger partial charge in [0.1, 0.15) is 11.6 Å². The normalized spacial score (nSPS) is 10.3. The number of anilines is 1. The van der Waals surface area contributed by atoms with Gasteiger partial charge in [0.25, 0.3) is 5.91 Å². The second kappa shape index (κ2) is 10.2. The molecular formula is C24H21FN2O4. The van der Waals surface area contributed by atoms with Gasteiger partial charge in [-0.05, 0) is 53.6 Å². The number of hydrogen-bond acceptors (Lipinski definition) is 4. The molecule has 0 spiro atoms. The van der Waals surface area contributed by atoms with Crippen LogP contribution in [-0.2, 0) is 22.6 Å². The van der Waals surface area contributed by atoms with Crippen molar-refractivity contribution in [2.45, 2.75) is 19.9 Å². The maximum absolute atomic E-state index is 12.9. The minimum Gasteiger partial charge on any atom is -0.427 e. The quantitative estimate of drug-likeness (QED) is 0.449. The van der Waals surface area contributed by atoms with Gasteiger partial charge in [-0.25, -0.2) is 4.39 Å². The summed E-state index contributed by atoms with van der Waals surface area (Å²) in [5.74, 6) is -1.01. The van der Waals surface area contributed by atoms with E-state index >= 15 is 0 Å². The van der Waals surface area contributed by atoms with Crippen LogP contribution in [0, 0.1) is 5.82 Å². The van der Waals surface area contributed by atoms with Gasteiger partial charge in [0.05, 0.1) is 6.42 Å². The van der Waals surface area contributed by atoms with Crippen molar-refractivity contribution in [2.75, 3.05) is 5.32 Å². The molecule has 0 aliphatic rings. The van der Waals surface area contributed by atoms with E-state index in [0.717, 1.165) is 11.1 Å². The number of ether oxygens (including phenoxy) is 1. The minimum absolute atomic E-state index is 0.167. The Hall–Kier alpha value is -4.00. The number of hydrogen-bond donors (Lipinski definition) is 2. The average molecular weight is 420 g/mol. The highest BCUT2D eigenvalue weighted by Crippen LogP contribution is 2.16. The van der Waals surface area contributed by atoms with E-state index in [2.05, 4.69) is 10.6 Å². The van der Waals surface area contributed by atoms with Gasteiger partial charge in [0.2, 0.25) is 5.91 Å². The van der Waals surface area contributed by atoms with Crippen LogP contribution in [0.1, 0.15) is 28.4 Å². The zero-order chi connectivity index (χ0) is 22.2. The molecule has 7 heteroatoms. The van der Waals surface area contributed by atoms with Crippen LogP contribution in [0.4, 0.5) is 10.1 Å². The van der Waals surface area contributed by atoms with Gasteiger partial charge >= 0.3 is 5.97 Å². The first kappa shape index (κ1) is 21.7. The second-order valence-corrected chi connectivity index (χ2v) is 6.85. The van der Waals surface area contributed by atoms with Crippen LogP contribution >= 0.6 is 0 Å². The SMILES string of the molecule is CC(=O)Oc1cccc(C(=O)Nc2ccc(CNC(=O)Cc3ccc(F)cc3)cc2)c1. The Morgan fingerprint density at radius 2 is 1.58 bits per heavy atom. The van der Waals surface area contributed by atoms with Crippen LogP contribution in [0.15, 0.2) is 72.8 Å². The molecule has 31 heavy (non-hydrogen) atoms. The topological polar surface area (TPSA) is 84.5 Å². The number of carbonyl (C=O) groups is 3. The van der Waals surface area contributed by atoms with E-state index in [1.807, 2.05) is 0 Å². The molecule has 0 unspecified atom stereocenters. The molecule has 0 saturated carbocycles. The monoisotopic (exact) mass is 420 g/mol. The summed E-state index contributed by atoms with van der Waals surface area (Å²) in [6.45, 7) is 1.62. The standard InChI is InChI=1S/C24H21FN2O4/c1-16(28)31-22-4-2-3-19(14-22)24(30)27-21-11-7-18(8-12-21)15-26-23(29)13-17-5-9-20(25)10-6-17/h2-12,14H,13,15H2,1H3,(H,26,29)(H,27,30). The predicted octanol–water partition coefficient (Wildman–Crippen LogP) is 3.86. The van der Waals surface area contributed by atoms with E-state index in [1.165, 1.54) is 25.1 Å². The van der Waals surface area contributed by atoms with E-state index in [0.29, 0.717) is 23.5 Å². The van der Waals surface area contributed by atoms with E-state index in [-0.39, 0.29) is 24.1 Å². The van der Waals surface area contributed by atoms with Gasteiger partial charge < -0.3 is 15.4 Å². The Bertz CT molecular complexity index is 1080. The highest BCUT2D eigenvalue weighted by Gasteiger charge is 2.09. The molecule has 0 aliphatic carbocycles. The third-order valence-corrected chi connectivity index (χ3v) is 4.34. The maximum Gasteiger partial charge on any atom is 0.308 e. The van der Waals surface area contributed by atoms with Crippen molar-refractivity contribution >= 4 is 23.5 Å². The van der Waals surface area contributed by atoms with Gasteiger partial charge in [-0.3, -0.25) is 14.4 Å². The molecule has 0 radical (unpaired) electrons. The molecule has 158 valence electrons. The molecule has 3 aromatic rings. The average Bonchev–Trinajstić information content (AvgIpc) is 2.74. The lowest BCUT2D eigenvalue weighted by molar-refractivity contribution is -0.131. The Morgan fingerprint density at radius 3 is 2.26 bits per heavy atom. The fraction of sp³-hybridized carbons (Fsp3) is 0.125. The van der Waals surface area contributed by atoms with Crippen LogP contribution in [0.25, 0.3) is 0 Å². The molecule has 6 nitrogen and oxygen atoms in total. The first-order chi connectivity index (χ1) is 14.9. The number of amides is 2. The molecule has 0 heterocycles. The Balaban J connectivity index is 1.51. The summed E-state index contributed by atoms with van der Waals surface area (Å²) in [5, 5.41) is 5.58. The maximum atomic E-state index is 12.9. The van der Waals surface area contributed by atoms with E-state index < -0.39 is 5.97 Å². The number of esters is 1. The number of halogens is 1. The number of rotatable bonds is 7. The molecule has 0 aliphatic heterocycles. The van der Waals surface area contributed by atoms with Gasteiger partial charge in [-0.15, -0.1) is 0 Å². The number of nitrogens with one attached hydrogen (secondary N) is 2. The summed E-state index contributed by atoms with van der Waals surface area (Å²) < 4.78 is 17.9. The molecule has 0 atom stereocenters. The van der Waals surface area contributed by atoms with Gasteiger partial charge in [-0.2, -0.15) is 0 Å².